The Hall–Kier alpha value is -0.760. The van der Waals surface area contributed by atoms with Gasteiger partial charge in [-0.1, -0.05) is 18.1 Å². The van der Waals surface area contributed by atoms with Gasteiger partial charge in [0.25, 0.3) is 0 Å². The molecule has 0 saturated heterocycles. The van der Waals surface area contributed by atoms with Gasteiger partial charge in [-0.3, -0.25) is 0 Å². The van der Waals surface area contributed by atoms with Crippen molar-refractivity contribution in [2.75, 3.05) is 13.7 Å². The highest BCUT2D eigenvalue weighted by Gasteiger charge is 2.76. The average molecular weight is 314 g/mol. The smallest absolute Gasteiger partial charge is 0.0959 e. The summed E-state index contributed by atoms with van der Waals surface area (Å²) in [4.78, 5) is 0. The summed E-state index contributed by atoms with van der Waals surface area (Å²) in [6, 6.07) is 0. The Balaban J connectivity index is 1.48. The van der Waals surface area contributed by atoms with Crippen LogP contribution in [0.1, 0.15) is 58.3 Å². The van der Waals surface area contributed by atoms with Gasteiger partial charge in [0.15, 0.2) is 0 Å². The summed E-state index contributed by atoms with van der Waals surface area (Å²) in [7, 11) is 1.82. The topological polar surface area (TPSA) is 29.5 Å². The van der Waals surface area contributed by atoms with Gasteiger partial charge in [0.05, 0.1) is 12.9 Å². The van der Waals surface area contributed by atoms with Crippen LogP contribution in [0.25, 0.3) is 0 Å². The van der Waals surface area contributed by atoms with Gasteiger partial charge in [-0.25, -0.2) is 0 Å². The van der Waals surface area contributed by atoms with E-state index >= 15 is 0 Å². The zero-order chi connectivity index (χ0) is 15.8. The van der Waals surface area contributed by atoms with E-state index in [0.29, 0.717) is 23.4 Å². The molecule has 0 unspecified atom stereocenters. The molecule has 0 amide bonds. The lowest BCUT2D eigenvalue weighted by molar-refractivity contribution is -0.0381. The van der Waals surface area contributed by atoms with Gasteiger partial charge in [0.1, 0.15) is 0 Å². The fourth-order valence-electron chi connectivity index (χ4n) is 7.72. The van der Waals surface area contributed by atoms with Gasteiger partial charge in [0, 0.05) is 13.0 Å². The first-order valence-corrected chi connectivity index (χ1v) is 9.68. The van der Waals surface area contributed by atoms with Crippen molar-refractivity contribution in [1.82, 2.24) is 0 Å². The predicted octanol–water partition coefficient (Wildman–Crippen LogP) is 4.45. The highest BCUT2D eigenvalue weighted by molar-refractivity contribution is 5.36. The highest BCUT2D eigenvalue weighted by Crippen LogP contribution is 2.82. The van der Waals surface area contributed by atoms with Crippen LogP contribution in [0.2, 0.25) is 0 Å². The molecule has 5 rings (SSSR count). The highest BCUT2D eigenvalue weighted by atomic mass is 16.5. The summed E-state index contributed by atoms with van der Waals surface area (Å²) < 4.78 is 5.52. The van der Waals surface area contributed by atoms with Crippen molar-refractivity contribution in [1.29, 1.82) is 0 Å². The first-order chi connectivity index (χ1) is 11.1. The van der Waals surface area contributed by atoms with E-state index in [4.69, 9.17) is 4.74 Å². The lowest BCUT2D eigenvalue weighted by Gasteiger charge is -2.54. The van der Waals surface area contributed by atoms with E-state index < -0.39 is 0 Å². The molecule has 0 aromatic heterocycles. The Morgan fingerprint density at radius 1 is 1.35 bits per heavy atom. The molecule has 0 radical (unpaired) electrons. The molecule has 126 valence electrons. The molecule has 3 saturated carbocycles. The fraction of sp³-hybridized carbons (Fsp3) is 0.810. The molecule has 0 heterocycles. The van der Waals surface area contributed by atoms with Crippen LogP contribution in [0, 0.1) is 34.5 Å². The van der Waals surface area contributed by atoms with Gasteiger partial charge in [-0.05, 0) is 85.5 Å². The Labute approximate surface area is 140 Å². The van der Waals surface area contributed by atoms with Crippen LogP contribution in [0.4, 0.5) is 0 Å². The molecule has 3 fully saturated rings. The zero-order valence-corrected chi connectivity index (χ0v) is 14.6. The molecule has 0 aromatic rings. The molecule has 23 heavy (non-hydrogen) atoms. The normalized spacial score (nSPS) is 50.5. The lowest BCUT2D eigenvalue weighted by Crippen LogP contribution is -2.47. The molecule has 0 aromatic carbocycles. The van der Waals surface area contributed by atoms with E-state index in [9.17, 15) is 5.11 Å². The summed E-state index contributed by atoms with van der Waals surface area (Å²) in [5.41, 5.74) is 4.51. The van der Waals surface area contributed by atoms with Crippen molar-refractivity contribution in [3.05, 3.63) is 23.0 Å². The molecule has 0 bridgehead atoms. The van der Waals surface area contributed by atoms with Gasteiger partial charge in [0.2, 0.25) is 0 Å². The fourth-order valence-corrected chi connectivity index (χ4v) is 7.72. The van der Waals surface area contributed by atoms with E-state index in [1.54, 1.807) is 11.1 Å². The molecule has 2 heteroatoms. The Morgan fingerprint density at radius 3 is 3.00 bits per heavy atom. The maximum Gasteiger partial charge on any atom is 0.0959 e. The van der Waals surface area contributed by atoms with Crippen LogP contribution < -0.4 is 0 Å². The van der Waals surface area contributed by atoms with Crippen LogP contribution >= 0.6 is 0 Å². The third-order valence-electron chi connectivity index (χ3n) is 8.89. The number of rotatable bonds is 2. The van der Waals surface area contributed by atoms with Crippen molar-refractivity contribution in [2.45, 2.75) is 58.3 Å². The number of aliphatic hydroxyl groups excluding tert-OH is 1. The largest absolute Gasteiger partial charge is 0.501 e. The molecule has 5 aliphatic rings. The molecule has 5 aliphatic carbocycles. The van der Waals surface area contributed by atoms with Crippen LogP contribution in [0.3, 0.4) is 0 Å². The Kier molecular flexibility index (Phi) is 2.95. The first kappa shape index (κ1) is 14.6. The standard InChI is InChI=1S/C21H30O2/c1-20-8-7-18-17-5-4-16(23-2)9-13(17)3-6-19(18)21(20)11-14(21)10-15(20)12-22/h4,14-15,18-19,22H,3,5-12H2,1-2H3/t14-,15+,18-,19-,20-,21-/m1/s1. The summed E-state index contributed by atoms with van der Waals surface area (Å²) >= 11 is 0. The monoisotopic (exact) mass is 314 g/mol. The van der Waals surface area contributed by atoms with E-state index in [0.717, 1.165) is 30.6 Å². The molecular formula is C21H30O2. The summed E-state index contributed by atoms with van der Waals surface area (Å²) in [5, 5.41) is 9.91. The molecule has 6 atom stereocenters. The minimum atomic E-state index is 0.417. The van der Waals surface area contributed by atoms with Crippen molar-refractivity contribution in [2.24, 2.45) is 34.5 Å². The summed E-state index contributed by atoms with van der Waals surface area (Å²) in [6.07, 6.45) is 12.7. The van der Waals surface area contributed by atoms with Gasteiger partial charge in [-0.15, -0.1) is 0 Å². The van der Waals surface area contributed by atoms with Crippen LogP contribution in [0.5, 0.6) is 0 Å². The Morgan fingerprint density at radius 2 is 2.22 bits per heavy atom. The van der Waals surface area contributed by atoms with Crippen molar-refractivity contribution >= 4 is 0 Å². The van der Waals surface area contributed by atoms with Crippen LogP contribution in [-0.4, -0.2) is 18.8 Å². The van der Waals surface area contributed by atoms with Gasteiger partial charge < -0.3 is 9.84 Å². The summed E-state index contributed by atoms with van der Waals surface area (Å²) in [5.74, 6) is 4.42. The number of hydrogen-bond donors (Lipinski definition) is 1. The number of hydrogen-bond acceptors (Lipinski definition) is 2. The van der Waals surface area contributed by atoms with E-state index in [2.05, 4.69) is 13.0 Å². The SMILES string of the molecule is COC1=CCC2=C(CC[C@@H]3[C@@H]2CC[C@]2(C)[C@H](CO)C[C@@H]4C[C@@]432)C1. The lowest BCUT2D eigenvalue weighted by atomic mass is 9.50. The molecule has 2 nitrogen and oxygen atoms in total. The molecule has 0 aliphatic heterocycles. The quantitative estimate of drug-likeness (QED) is 0.763. The predicted molar refractivity (Wildman–Crippen MR) is 90.6 cm³/mol. The van der Waals surface area contributed by atoms with Crippen molar-refractivity contribution in [3.63, 3.8) is 0 Å². The van der Waals surface area contributed by atoms with Crippen LogP contribution in [0.15, 0.2) is 23.0 Å². The van der Waals surface area contributed by atoms with Crippen molar-refractivity contribution < 1.29 is 9.84 Å². The van der Waals surface area contributed by atoms with Gasteiger partial charge >= 0.3 is 0 Å². The minimum Gasteiger partial charge on any atom is -0.501 e. The van der Waals surface area contributed by atoms with Crippen molar-refractivity contribution in [3.8, 4) is 0 Å². The first-order valence-electron chi connectivity index (χ1n) is 9.68. The minimum absolute atomic E-state index is 0.417. The second-order valence-electron chi connectivity index (χ2n) is 9.15. The number of fused-ring (bicyclic) bond motifs is 2. The molecule has 1 spiro atoms. The van der Waals surface area contributed by atoms with Gasteiger partial charge in [-0.2, -0.15) is 0 Å². The number of methoxy groups -OCH3 is 1. The average Bonchev–Trinajstić information content (AvgIpc) is 3.24. The zero-order valence-electron chi connectivity index (χ0n) is 14.6. The molecular weight excluding hydrogens is 284 g/mol. The summed E-state index contributed by atoms with van der Waals surface area (Å²) in [6.45, 7) is 2.95. The number of allylic oxidation sites excluding steroid dienone is 3. The third kappa shape index (κ3) is 1.64. The van der Waals surface area contributed by atoms with E-state index in [-0.39, 0.29) is 0 Å². The molecule has 1 N–H and O–H groups in total. The number of ether oxygens (including phenoxy) is 1. The maximum atomic E-state index is 9.91. The third-order valence-corrected chi connectivity index (χ3v) is 8.89. The Bertz CT molecular complexity index is 603. The number of aliphatic hydroxyl groups is 1. The second kappa shape index (κ2) is 4.65. The van der Waals surface area contributed by atoms with Crippen LogP contribution in [-0.2, 0) is 4.74 Å². The van der Waals surface area contributed by atoms with E-state index in [1.165, 1.54) is 44.3 Å². The maximum absolute atomic E-state index is 9.91. The second-order valence-corrected chi connectivity index (χ2v) is 9.15. The van der Waals surface area contributed by atoms with E-state index in [1.807, 2.05) is 7.11 Å².